The first-order chi connectivity index (χ1) is 10.5. The van der Waals surface area contributed by atoms with Crippen LogP contribution in [0.2, 0.25) is 0 Å². The molecule has 0 amide bonds. The topological polar surface area (TPSA) is 69.7 Å². The summed E-state index contributed by atoms with van der Waals surface area (Å²) in [5, 5.41) is 1.15. The number of esters is 1. The summed E-state index contributed by atoms with van der Waals surface area (Å²) in [6.07, 6.45) is 2.40. The van der Waals surface area contributed by atoms with E-state index in [1.807, 2.05) is 0 Å². The normalized spacial score (nSPS) is 13.2. The highest BCUT2D eigenvalue weighted by atomic mass is 16.5. The molecule has 1 aliphatic rings. The molecular formula is C17H12O5. The summed E-state index contributed by atoms with van der Waals surface area (Å²) >= 11 is 0. The molecule has 2 aromatic rings. The van der Waals surface area contributed by atoms with Gasteiger partial charge in [0, 0.05) is 23.3 Å². The minimum absolute atomic E-state index is 0.0987. The fourth-order valence-electron chi connectivity index (χ4n) is 2.56. The molecule has 0 heterocycles. The molecule has 5 heteroatoms. The van der Waals surface area contributed by atoms with Crippen molar-refractivity contribution in [2.45, 2.75) is 6.92 Å². The van der Waals surface area contributed by atoms with E-state index in [9.17, 15) is 14.4 Å². The van der Waals surface area contributed by atoms with Crippen molar-refractivity contribution in [3.8, 4) is 11.5 Å². The van der Waals surface area contributed by atoms with Gasteiger partial charge in [-0.05, 0) is 24.3 Å². The molecule has 0 N–H and O–H groups in total. The lowest BCUT2D eigenvalue weighted by atomic mass is 9.90. The van der Waals surface area contributed by atoms with Crippen LogP contribution >= 0.6 is 0 Å². The van der Waals surface area contributed by atoms with Gasteiger partial charge in [0.15, 0.2) is 17.3 Å². The number of fused-ring (bicyclic) bond motifs is 2. The number of hydrogen-bond acceptors (Lipinski definition) is 5. The number of ether oxygens (including phenoxy) is 2. The molecular weight excluding hydrogens is 284 g/mol. The van der Waals surface area contributed by atoms with Crippen molar-refractivity contribution in [2.75, 3.05) is 7.11 Å². The molecule has 2 aromatic carbocycles. The van der Waals surface area contributed by atoms with Crippen molar-refractivity contribution in [2.24, 2.45) is 0 Å². The zero-order valence-corrected chi connectivity index (χ0v) is 12.0. The van der Waals surface area contributed by atoms with Crippen LogP contribution in [0.25, 0.3) is 10.8 Å². The molecule has 0 bridgehead atoms. The molecule has 0 saturated carbocycles. The Hall–Kier alpha value is -2.95. The van der Waals surface area contributed by atoms with E-state index in [1.54, 1.807) is 24.3 Å². The smallest absolute Gasteiger partial charge is 0.308 e. The van der Waals surface area contributed by atoms with Crippen molar-refractivity contribution < 1.29 is 23.9 Å². The van der Waals surface area contributed by atoms with E-state index < -0.39 is 5.97 Å². The number of carbonyl (C=O) groups is 3. The summed E-state index contributed by atoms with van der Waals surface area (Å²) in [7, 11) is 1.51. The third kappa shape index (κ3) is 2.07. The molecule has 5 nitrogen and oxygen atoms in total. The highest BCUT2D eigenvalue weighted by Crippen LogP contribution is 2.39. The maximum absolute atomic E-state index is 12.2. The van der Waals surface area contributed by atoms with Crippen LogP contribution in [-0.2, 0) is 4.79 Å². The van der Waals surface area contributed by atoms with Crippen molar-refractivity contribution in [1.29, 1.82) is 0 Å². The third-order valence-corrected chi connectivity index (χ3v) is 3.46. The van der Waals surface area contributed by atoms with Crippen LogP contribution in [0.5, 0.6) is 11.5 Å². The molecule has 0 fully saturated rings. The average molecular weight is 296 g/mol. The Morgan fingerprint density at radius 1 is 1.05 bits per heavy atom. The van der Waals surface area contributed by atoms with Gasteiger partial charge in [-0.25, -0.2) is 0 Å². The minimum atomic E-state index is -0.563. The third-order valence-electron chi connectivity index (χ3n) is 3.46. The highest BCUT2D eigenvalue weighted by molar-refractivity contribution is 6.26. The van der Waals surface area contributed by atoms with E-state index in [0.29, 0.717) is 16.5 Å². The van der Waals surface area contributed by atoms with Crippen LogP contribution in [0, 0.1) is 0 Å². The van der Waals surface area contributed by atoms with Crippen LogP contribution in [0.15, 0.2) is 36.4 Å². The first kappa shape index (κ1) is 14.0. The molecule has 110 valence electrons. The Morgan fingerprint density at radius 3 is 2.45 bits per heavy atom. The van der Waals surface area contributed by atoms with Crippen molar-refractivity contribution in [3.05, 3.63) is 47.5 Å². The van der Waals surface area contributed by atoms with Gasteiger partial charge in [-0.3, -0.25) is 14.4 Å². The lowest BCUT2D eigenvalue weighted by molar-refractivity contribution is -0.131. The number of rotatable bonds is 2. The van der Waals surface area contributed by atoms with Gasteiger partial charge in [0.1, 0.15) is 5.75 Å². The summed E-state index contributed by atoms with van der Waals surface area (Å²) in [5.74, 6) is -0.608. The Balaban J connectivity index is 2.46. The molecule has 0 saturated heterocycles. The predicted octanol–water partition coefficient (Wildman–Crippen LogP) is 2.71. The summed E-state index contributed by atoms with van der Waals surface area (Å²) in [5.41, 5.74) is 0.323. The standard InChI is InChI=1S/C17H12O5/c1-9(18)22-17-10-4-3-5-15(21-2)11(10)8-12-13(19)6-7-14(20)16(12)17/h3-8H,1-2H3. The molecule has 0 unspecified atom stereocenters. The summed E-state index contributed by atoms with van der Waals surface area (Å²) < 4.78 is 10.5. The molecule has 3 rings (SSSR count). The second-order valence-electron chi connectivity index (χ2n) is 4.84. The fraction of sp³-hybridized carbons (Fsp3) is 0.118. The number of carbonyl (C=O) groups excluding carboxylic acids is 3. The van der Waals surface area contributed by atoms with Gasteiger partial charge in [-0.1, -0.05) is 12.1 Å². The maximum atomic E-state index is 12.2. The molecule has 22 heavy (non-hydrogen) atoms. The monoisotopic (exact) mass is 296 g/mol. The Bertz CT molecular complexity index is 861. The molecule has 0 aliphatic heterocycles. The molecule has 0 atom stereocenters. The van der Waals surface area contributed by atoms with E-state index >= 15 is 0 Å². The van der Waals surface area contributed by atoms with Gasteiger partial charge in [0.2, 0.25) is 0 Å². The maximum Gasteiger partial charge on any atom is 0.308 e. The van der Waals surface area contributed by atoms with Gasteiger partial charge in [-0.15, -0.1) is 0 Å². The summed E-state index contributed by atoms with van der Waals surface area (Å²) in [6, 6.07) is 6.77. The summed E-state index contributed by atoms with van der Waals surface area (Å²) in [4.78, 5) is 35.7. The van der Waals surface area contributed by atoms with Crippen LogP contribution in [0.4, 0.5) is 0 Å². The van der Waals surface area contributed by atoms with E-state index in [2.05, 4.69) is 0 Å². The number of allylic oxidation sites excluding steroid dienone is 2. The van der Waals surface area contributed by atoms with E-state index in [4.69, 9.17) is 9.47 Å². The van der Waals surface area contributed by atoms with Crippen LogP contribution < -0.4 is 9.47 Å². The van der Waals surface area contributed by atoms with Gasteiger partial charge in [0.25, 0.3) is 0 Å². The molecule has 0 spiro atoms. The second-order valence-corrected chi connectivity index (χ2v) is 4.84. The van der Waals surface area contributed by atoms with E-state index in [0.717, 1.165) is 0 Å². The molecule has 0 radical (unpaired) electrons. The number of ketones is 2. The lowest BCUT2D eigenvalue weighted by Gasteiger charge is -2.17. The predicted molar refractivity (Wildman–Crippen MR) is 79.6 cm³/mol. The Labute approximate surface area is 126 Å². The molecule has 1 aliphatic carbocycles. The largest absolute Gasteiger partial charge is 0.496 e. The number of benzene rings is 2. The Kier molecular flexibility index (Phi) is 3.25. The SMILES string of the molecule is COc1cccc2c(OC(C)=O)c3c(cc12)C(=O)C=CC3=O. The first-order valence-corrected chi connectivity index (χ1v) is 6.62. The van der Waals surface area contributed by atoms with Crippen LogP contribution in [-0.4, -0.2) is 24.6 Å². The number of methoxy groups -OCH3 is 1. The van der Waals surface area contributed by atoms with Crippen LogP contribution in [0.1, 0.15) is 27.6 Å². The number of hydrogen-bond donors (Lipinski definition) is 0. The van der Waals surface area contributed by atoms with Gasteiger partial charge < -0.3 is 9.47 Å². The quantitative estimate of drug-likeness (QED) is 0.629. The fourth-order valence-corrected chi connectivity index (χ4v) is 2.56. The zero-order valence-electron chi connectivity index (χ0n) is 12.0. The molecule has 0 aromatic heterocycles. The summed E-state index contributed by atoms with van der Waals surface area (Å²) in [6.45, 7) is 1.25. The second kappa shape index (κ2) is 5.11. The van der Waals surface area contributed by atoms with Crippen LogP contribution in [0.3, 0.4) is 0 Å². The minimum Gasteiger partial charge on any atom is -0.496 e. The highest BCUT2D eigenvalue weighted by Gasteiger charge is 2.27. The van der Waals surface area contributed by atoms with Crippen molar-refractivity contribution in [1.82, 2.24) is 0 Å². The van der Waals surface area contributed by atoms with Gasteiger partial charge >= 0.3 is 5.97 Å². The van der Waals surface area contributed by atoms with Gasteiger partial charge in [0.05, 0.1) is 12.7 Å². The van der Waals surface area contributed by atoms with Crippen molar-refractivity contribution in [3.63, 3.8) is 0 Å². The zero-order chi connectivity index (χ0) is 15.9. The van der Waals surface area contributed by atoms with Gasteiger partial charge in [-0.2, -0.15) is 0 Å². The first-order valence-electron chi connectivity index (χ1n) is 6.62. The van der Waals surface area contributed by atoms with Crippen molar-refractivity contribution >= 4 is 28.3 Å². The Morgan fingerprint density at radius 2 is 1.77 bits per heavy atom. The van der Waals surface area contributed by atoms with E-state index in [-0.39, 0.29) is 28.4 Å². The lowest BCUT2D eigenvalue weighted by Crippen LogP contribution is -2.15. The average Bonchev–Trinajstić information content (AvgIpc) is 2.49. The van der Waals surface area contributed by atoms with E-state index in [1.165, 1.54) is 26.2 Å².